The molecule has 0 saturated carbocycles. The van der Waals surface area contributed by atoms with Crippen molar-refractivity contribution in [2.75, 3.05) is 0 Å². The maximum absolute atomic E-state index is 9.76. The number of carboxylic acid groups (broad SMARTS) is 1. The molecule has 0 fully saturated rings. The number of rotatable bonds is 4. The number of hydrogen-bond acceptors (Lipinski definition) is 5. The van der Waals surface area contributed by atoms with E-state index in [2.05, 4.69) is 0 Å². The third kappa shape index (κ3) is 48.5. The van der Waals surface area contributed by atoms with Gasteiger partial charge in [0.05, 0.1) is 0 Å². The van der Waals surface area contributed by atoms with E-state index in [4.69, 9.17) is 15.1 Å². The molecule has 0 atom stereocenters. The molecule has 0 saturated heterocycles. The number of carbonyl (C=O) groups is 1. The standard InChI is InChI=1S/C6H12O2.BO3.Ni/c1-2-3-4-5-6(7)8;2-1(3)4;/h2-5H2,1H3,(H,7,8);;/q;-3;/p-1. The van der Waals surface area contributed by atoms with Crippen LogP contribution in [-0.2, 0) is 21.3 Å². The molecule has 0 N–H and O–H groups in total. The average molecular weight is 233 g/mol. The summed E-state index contributed by atoms with van der Waals surface area (Å²) in [6, 6.07) is 0. The second-order valence-corrected chi connectivity index (χ2v) is 2.12. The summed E-state index contributed by atoms with van der Waals surface area (Å²) in [6.07, 6.45) is 3.04. The Kier molecular flexibility index (Phi) is 20.7. The van der Waals surface area contributed by atoms with E-state index < -0.39 is 13.3 Å². The van der Waals surface area contributed by atoms with Crippen LogP contribution in [0, 0.1) is 0 Å². The molecule has 0 aliphatic rings. The molecule has 0 unspecified atom stereocenters. The van der Waals surface area contributed by atoms with E-state index in [9.17, 15) is 9.90 Å². The summed E-state index contributed by atoms with van der Waals surface area (Å²) in [7, 11) is -2.92. The van der Waals surface area contributed by atoms with Crippen LogP contribution in [0.3, 0.4) is 0 Å². The summed E-state index contributed by atoms with van der Waals surface area (Å²) in [5.74, 6) is -0.932. The van der Waals surface area contributed by atoms with Gasteiger partial charge in [-0.25, -0.2) is 0 Å². The van der Waals surface area contributed by atoms with Crippen molar-refractivity contribution in [3.8, 4) is 0 Å². The molecular weight excluding hydrogens is 222 g/mol. The van der Waals surface area contributed by atoms with Gasteiger partial charge in [0.15, 0.2) is 0 Å². The number of carbonyl (C=O) groups excluding carboxylic acids is 1. The van der Waals surface area contributed by atoms with Crippen molar-refractivity contribution in [3.05, 3.63) is 0 Å². The zero-order valence-electron chi connectivity index (χ0n) is 7.26. The molecule has 0 rings (SSSR count). The van der Waals surface area contributed by atoms with Crippen LogP contribution in [0.15, 0.2) is 0 Å². The van der Waals surface area contributed by atoms with Crippen LogP contribution in [0.1, 0.15) is 32.6 Å². The number of hydrogen-bond donors (Lipinski definition) is 0. The van der Waals surface area contributed by atoms with E-state index >= 15 is 0 Å². The van der Waals surface area contributed by atoms with Gasteiger partial charge in [-0.3, -0.25) is 7.32 Å². The average Bonchev–Trinajstić information content (AvgIpc) is 1.86. The molecular formula is C6H11BNiO5-4. The molecule has 0 radical (unpaired) electrons. The first kappa shape index (κ1) is 18.6. The van der Waals surface area contributed by atoms with Gasteiger partial charge in [-0.2, -0.15) is 0 Å². The van der Waals surface area contributed by atoms with Crippen molar-refractivity contribution in [1.82, 2.24) is 0 Å². The second-order valence-electron chi connectivity index (χ2n) is 2.12. The number of aliphatic carboxylic acids is 1. The van der Waals surface area contributed by atoms with Crippen molar-refractivity contribution in [3.63, 3.8) is 0 Å². The molecule has 0 aromatic rings. The SMILES string of the molecule is CCCCCC(=O)[O-].[Ni].[O-]B([O-])[O-]. The Morgan fingerprint density at radius 1 is 1.23 bits per heavy atom. The maximum Gasteiger partial charge on any atom is 0.0414 e. The summed E-state index contributed by atoms with van der Waals surface area (Å²) >= 11 is 0. The van der Waals surface area contributed by atoms with E-state index in [1.807, 2.05) is 6.92 Å². The van der Waals surface area contributed by atoms with E-state index in [0.717, 1.165) is 19.3 Å². The first-order valence-corrected chi connectivity index (χ1v) is 3.68. The van der Waals surface area contributed by atoms with Gasteiger partial charge < -0.3 is 25.0 Å². The first-order valence-electron chi connectivity index (χ1n) is 3.68. The van der Waals surface area contributed by atoms with E-state index in [1.54, 1.807) is 0 Å². The predicted octanol–water partition coefficient (Wildman–Crippen LogP) is -3.63. The molecule has 0 heterocycles. The van der Waals surface area contributed by atoms with Gasteiger partial charge in [0.1, 0.15) is 0 Å². The third-order valence-electron chi connectivity index (χ3n) is 0.984. The molecule has 0 aromatic heterocycles. The Morgan fingerprint density at radius 3 is 1.85 bits per heavy atom. The zero-order valence-corrected chi connectivity index (χ0v) is 8.25. The molecule has 5 nitrogen and oxygen atoms in total. The van der Waals surface area contributed by atoms with Crippen LogP contribution in [0.25, 0.3) is 0 Å². The molecule has 0 aromatic carbocycles. The van der Waals surface area contributed by atoms with Gasteiger partial charge in [0.25, 0.3) is 0 Å². The van der Waals surface area contributed by atoms with Crippen LogP contribution < -0.4 is 20.2 Å². The minimum absolute atomic E-state index is 0. The van der Waals surface area contributed by atoms with E-state index in [1.165, 1.54) is 0 Å². The normalized spacial score (nSPS) is 7.69. The van der Waals surface area contributed by atoms with Crippen LogP contribution >= 0.6 is 0 Å². The van der Waals surface area contributed by atoms with Crippen molar-refractivity contribution >= 4 is 13.3 Å². The zero-order chi connectivity index (χ0) is 9.98. The smallest absolute Gasteiger partial charge is 0.0414 e. The Labute approximate surface area is 87.9 Å². The molecule has 0 spiro atoms. The third-order valence-corrected chi connectivity index (χ3v) is 0.984. The van der Waals surface area contributed by atoms with E-state index in [0.29, 0.717) is 0 Å². The van der Waals surface area contributed by atoms with Crippen LogP contribution in [0.5, 0.6) is 0 Å². The van der Waals surface area contributed by atoms with E-state index in [-0.39, 0.29) is 22.9 Å². The molecule has 0 amide bonds. The largest absolute Gasteiger partial charge is 0.907 e. The summed E-state index contributed by atoms with van der Waals surface area (Å²) in [6.45, 7) is 2.04. The van der Waals surface area contributed by atoms with Crippen LogP contribution in [0.2, 0.25) is 0 Å². The van der Waals surface area contributed by atoms with Crippen molar-refractivity contribution < 1.29 is 41.5 Å². The fraction of sp³-hybridized carbons (Fsp3) is 0.833. The number of unbranched alkanes of at least 4 members (excludes halogenated alkanes) is 2. The van der Waals surface area contributed by atoms with Gasteiger partial charge in [-0.05, 0) is 12.8 Å². The monoisotopic (exact) mass is 232 g/mol. The van der Waals surface area contributed by atoms with Gasteiger partial charge in [-0.15, -0.1) is 0 Å². The Balaban J connectivity index is -0.000000173. The Hall–Kier alpha value is -0.0916. The summed E-state index contributed by atoms with van der Waals surface area (Å²) in [4.78, 5) is 9.76. The molecule has 0 aliphatic heterocycles. The molecule has 82 valence electrons. The van der Waals surface area contributed by atoms with Gasteiger partial charge in [-0.1, -0.05) is 19.8 Å². The maximum atomic E-state index is 9.76. The fourth-order valence-corrected chi connectivity index (χ4v) is 0.519. The summed E-state index contributed by atoms with van der Waals surface area (Å²) in [5, 5.41) is 35.0. The minimum atomic E-state index is -2.92. The second kappa shape index (κ2) is 14.4. The molecule has 7 heteroatoms. The van der Waals surface area contributed by atoms with Gasteiger partial charge >= 0.3 is 0 Å². The van der Waals surface area contributed by atoms with Gasteiger partial charge in [0, 0.05) is 22.5 Å². The van der Waals surface area contributed by atoms with Crippen molar-refractivity contribution in [2.24, 2.45) is 0 Å². The minimum Gasteiger partial charge on any atom is -0.907 e. The first-order chi connectivity index (χ1) is 5.50. The predicted molar refractivity (Wildman–Crippen MR) is 34.9 cm³/mol. The van der Waals surface area contributed by atoms with Crippen LogP contribution in [-0.4, -0.2) is 13.3 Å². The van der Waals surface area contributed by atoms with Crippen molar-refractivity contribution in [2.45, 2.75) is 32.6 Å². The summed E-state index contributed by atoms with van der Waals surface area (Å²) < 4.78 is 0. The van der Waals surface area contributed by atoms with Crippen molar-refractivity contribution in [1.29, 1.82) is 0 Å². The van der Waals surface area contributed by atoms with Gasteiger partial charge in [0.2, 0.25) is 0 Å². The topological polar surface area (TPSA) is 109 Å². The Bertz CT molecular complexity index is 108. The fourth-order valence-electron chi connectivity index (χ4n) is 0.519. The van der Waals surface area contributed by atoms with Crippen LogP contribution in [0.4, 0.5) is 0 Å². The molecule has 0 aliphatic carbocycles. The molecule has 0 bridgehead atoms. The quantitative estimate of drug-likeness (QED) is 0.367. The Morgan fingerprint density at radius 2 is 1.62 bits per heavy atom. The molecule has 13 heavy (non-hydrogen) atoms. The number of carboxylic acids is 1. The summed E-state index contributed by atoms with van der Waals surface area (Å²) in [5.41, 5.74) is 0.